The molecule has 0 radical (unpaired) electrons. The van der Waals surface area contributed by atoms with Crippen molar-refractivity contribution in [2.75, 3.05) is 201 Å². The van der Waals surface area contributed by atoms with E-state index in [0.717, 1.165) is 178 Å². The van der Waals surface area contributed by atoms with Crippen LogP contribution in [0.3, 0.4) is 0 Å². The van der Waals surface area contributed by atoms with E-state index in [9.17, 15) is 0 Å². The summed E-state index contributed by atoms with van der Waals surface area (Å²) in [6, 6.07) is 23.2. The minimum atomic E-state index is 0. The summed E-state index contributed by atoms with van der Waals surface area (Å²) in [5.41, 5.74) is 3.04. The first-order valence-corrected chi connectivity index (χ1v) is 46.6. The van der Waals surface area contributed by atoms with Crippen LogP contribution >= 0.6 is 81.2 Å². The van der Waals surface area contributed by atoms with Crippen molar-refractivity contribution in [1.82, 2.24) is 85.6 Å². The van der Waals surface area contributed by atoms with Crippen LogP contribution in [-0.2, 0) is 0 Å². The van der Waals surface area contributed by atoms with E-state index in [-0.39, 0.29) is 29.2 Å². The quantitative estimate of drug-likeness (QED) is 0.0176. The molecule has 4 aromatic heterocycles. The van der Waals surface area contributed by atoms with Gasteiger partial charge in [0.2, 0.25) is 69.4 Å². The molecule has 0 aliphatic carbocycles. The van der Waals surface area contributed by atoms with Gasteiger partial charge in [-0.2, -0.15) is 59.8 Å². The van der Waals surface area contributed by atoms with Gasteiger partial charge < -0.3 is 90.5 Å². The molecule has 7 N–H and O–H groups in total. The zero-order valence-electron chi connectivity index (χ0n) is 76.6. The molecule has 8 aromatic rings. The Hall–Kier alpha value is -7.85. The lowest BCUT2D eigenvalue weighted by molar-refractivity contribution is 0.240. The van der Waals surface area contributed by atoms with Gasteiger partial charge in [0.1, 0.15) is 23.0 Å². The van der Waals surface area contributed by atoms with Gasteiger partial charge in [0.25, 0.3) is 0 Å². The Morgan fingerprint density at radius 2 is 0.675 bits per heavy atom. The van der Waals surface area contributed by atoms with Gasteiger partial charge in [0.15, 0.2) is 0 Å². The van der Waals surface area contributed by atoms with Gasteiger partial charge in [0.05, 0.1) is 48.5 Å². The molecule has 126 heavy (non-hydrogen) atoms. The number of hydrogen-bond donors (Lipinski definition) is 7. The number of halogens is 7. The average Bonchev–Trinajstić information content (AvgIpc) is 0.817. The summed E-state index contributed by atoms with van der Waals surface area (Å²) in [6.45, 7) is 32.0. The smallest absolute Gasteiger partial charge is 0.233 e. The number of hydrogen-bond acceptors (Lipinski definition) is 30. The molecule has 3 fully saturated rings. The summed E-state index contributed by atoms with van der Waals surface area (Å²) in [7, 11) is 16.9. The fraction of sp³-hybridized carbons (Fsp3) is 0.596. The molecule has 3 saturated heterocycles. The van der Waals surface area contributed by atoms with Crippen LogP contribution in [0.2, 0.25) is 35.9 Å². The highest BCUT2D eigenvalue weighted by Gasteiger charge is 2.27. The third-order valence-corrected chi connectivity index (χ3v) is 22.4. The Balaban J connectivity index is 0.000000283. The highest BCUT2D eigenvalue weighted by Crippen LogP contribution is 2.35. The molecule has 0 atom stereocenters. The lowest BCUT2D eigenvalue weighted by Gasteiger charge is -2.35. The minimum absolute atomic E-state index is 0. The number of likely N-dealkylation sites (tertiary alicyclic amines) is 2. The fourth-order valence-electron chi connectivity index (χ4n) is 13.4. The van der Waals surface area contributed by atoms with Crippen molar-refractivity contribution in [1.29, 1.82) is 0 Å². The van der Waals surface area contributed by atoms with E-state index in [1.807, 2.05) is 42.5 Å². The summed E-state index contributed by atoms with van der Waals surface area (Å²) in [5, 5.41) is 25.0. The number of benzene rings is 4. The summed E-state index contributed by atoms with van der Waals surface area (Å²) in [6.07, 6.45) is 20.5. The molecule has 0 saturated carbocycles. The summed E-state index contributed by atoms with van der Waals surface area (Å²) in [5.74, 6) is 7.53. The van der Waals surface area contributed by atoms with Gasteiger partial charge in [-0.25, -0.2) is 0 Å². The average molecular weight is 1890 g/mol. The molecule has 3 aliphatic heterocycles. The third kappa shape index (κ3) is 38.4. The lowest BCUT2D eigenvalue weighted by Crippen LogP contribution is -2.42. The monoisotopic (exact) mass is 1880 g/mol. The van der Waals surface area contributed by atoms with Crippen molar-refractivity contribution >= 4 is 157 Å². The maximum atomic E-state index is 6.33. The third-order valence-electron chi connectivity index (χ3n) is 20.7. The molecule has 37 heteroatoms. The first-order valence-electron chi connectivity index (χ1n) is 44.0. The number of anilines is 13. The number of rotatable bonds is 40. The highest BCUT2D eigenvalue weighted by atomic mass is 35.5. The van der Waals surface area contributed by atoms with Gasteiger partial charge >= 0.3 is 0 Å². The van der Waals surface area contributed by atoms with Gasteiger partial charge in [0, 0.05) is 94.2 Å². The lowest BCUT2D eigenvalue weighted by atomic mass is 10.0. The molecule has 4 aromatic carbocycles. The molecule has 11 rings (SSSR count). The van der Waals surface area contributed by atoms with Crippen molar-refractivity contribution in [2.24, 2.45) is 0 Å². The van der Waals surface area contributed by atoms with E-state index < -0.39 is 0 Å². The SMILES string of the molecule is C.CCCCN(CCC)c1nc(Cl)nc(Nc2ccc(OC)c(Cl)c2)n1.CCCCN(CCC)c1nc(Nc2ccc(OC)c(Cl)c2)nc(N(C)C2CCN(C)CC2)n1.CCCCN(CCC)c1nc(Nc2ccc(OC)c(Cl)c2)nc(N(C)C2CCNCC2)n1.CCCCNCCC.CNC1CCN(C)CC1.COc1ccc(Nc2nc(Cl)nc(Cl)n2)cc1Cl. The maximum Gasteiger partial charge on any atom is 0.233 e. The number of nitrogens with one attached hydrogen (secondary N) is 7. The van der Waals surface area contributed by atoms with Crippen LogP contribution in [0.1, 0.15) is 178 Å². The summed E-state index contributed by atoms with van der Waals surface area (Å²) in [4.78, 5) is 69.1. The second-order valence-electron chi connectivity index (χ2n) is 30.6. The van der Waals surface area contributed by atoms with Crippen molar-refractivity contribution in [3.63, 3.8) is 0 Å². The standard InChI is InChI=1S/C24H38ClN7O.C23H36ClN7O.C17H23Cl2N5O.C10H7Cl3N4O.C7H16N2.C7H17N.CH4/c1-6-8-14-32(13-7-2)24-28-22(26-18-9-10-21(33-5)20(25)17-18)27-23(29-24)31(4)19-11-15-30(3)16-12-19;1-5-7-15-31(14-6-2)23-28-21(26-17-8-9-20(32-4)19(24)16-17)27-22(29-23)30(3)18-10-12-25-13-11-18;1-4-6-10-24(9-5-2)17-22-15(19)21-16(23-17)20-12-7-8-14(25-3)13(18)11-12;1-18-7-3-2-5(4-6(7)11)14-10-16-8(12)15-9(13)17-10;1-8-7-3-5-9(2)6-4-7;1-3-5-7-8-6-4-2;/h9-10,17,19H,6-8,11-16H2,1-5H3,(H,26,27,28,29);8-9,16,18,25H,5-7,10-15H2,1-4H3,(H,26,27,28,29);7-8,11H,4-6,9-10H2,1-3H3,(H,20,21,22,23);2-4H,1H3,(H,14,15,16,17);7-8H,3-6H2,1-2H3;8H,3-7H2,1-2H3;1H4. The predicted octanol–water partition coefficient (Wildman–Crippen LogP) is 20.6. The van der Waals surface area contributed by atoms with Crippen molar-refractivity contribution in [3.05, 3.63) is 109 Å². The van der Waals surface area contributed by atoms with Gasteiger partial charge in [-0.1, -0.05) is 135 Å². The van der Waals surface area contributed by atoms with Crippen LogP contribution < -0.4 is 80.7 Å². The molecular formula is C89H141Cl7N26O4. The molecule has 0 amide bonds. The number of nitrogens with zero attached hydrogens (tertiary/aromatic N) is 19. The molecule has 0 spiro atoms. The van der Waals surface area contributed by atoms with E-state index in [0.29, 0.717) is 102 Å². The van der Waals surface area contributed by atoms with E-state index in [4.69, 9.17) is 130 Å². The second-order valence-corrected chi connectivity index (χ2v) is 33.2. The Bertz CT molecular complexity index is 4320. The minimum Gasteiger partial charge on any atom is -0.495 e. The van der Waals surface area contributed by atoms with Crippen LogP contribution in [0.15, 0.2) is 72.8 Å². The van der Waals surface area contributed by atoms with E-state index in [1.165, 1.54) is 58.3 Å². The fourth-order valence-corrected chi connectivity index (χ4v) is 15.0. The number of piperidine rings is 3. The Kier molecular flexibility index (Phi) is 52.5. The molecule has 0 bridgehead atoms. The summed E-state index contributed by atoms with van der Waals surface area (Å²) >= 11 is 42.2. The number of methoxy groups -OCH3 is 4. The van der Waals surface area contributed by atoms with Crippen molar-refractivity contribution in [3.8, 4) is 23.0 Å². The van der Waals surface area contributed by atoms with Crippen LogP contribution in [-0.4, -0.2) is 243 Å². The topological polar surface area (TPSA) is 298 Å². The van der Waals surface area contributed by atoms with Gasteiger partial charge in [-0.3, -0.25) is 0 Å². The molecule has 30 nitrogen and oxygen atoms in total. The second kappa shape index (κ2) is 60.9. The van der Waals surface area contributed by atoms with Crippen LogP contribution in [0.5, 0.6) is 23.0 Å². The molecule has 7 heterocycles. The number of aromatic nitrogens is 12. The first kappa shape index (κ1) is 109. The molecule has 700 valence electrons. The van der Waals surface area contributed by atoms with Gasteiger partial charge in [-0.15, -0.1) is 0 Å². The Morgan fingerprint density at radius 1 is 0.365 bits per heavy atom. The zero-order chi connectivity index (χ0) is 91.0. The van der Waals surface area contributed by atoms with Crippen LogP contribution in [0.25, 0.3) is 0 Å². The Morgan fingerprint density at radius 3 is 0.992 bits per heavy atom. The van der Waals surface area contributed by atoms with E-state index in [1.54, 1.807) is 58.8 Å². The molecular weight excluding hydrogens is 1750 g/mol. The molecule has 3 aliphatic rings. The number of ether oxygens (including phenoxy) is 4. The number of unbranched alkanes of at least 4 members (excludes halogenated alkanes) is 4. The van der Waals surface area contributed by atoms with E-state index in [2.05, 4.69) is 192 Å². The van der Waals surface area contributed by atoms with Crippen molar-refractivity contribution in [2.45, 2.75) is 197 Å². The van der Waals surface area contributed by atoms with Gasteiger partial charge in [-0.05, 0) is 271 Å². The highest BCUT2D eigenvalue weighted by molar-refractivity contribution is 6.33. The predicted molar refractivity (Wildman–Crippen MR) is 529 cm³/mol. The zero-order valence-corrected chi connectivity index (χ0v) is 81.9. The molecule has 0 unspecified atom stereocenters. The van der Waals surface area contributed by atoms with Crippen LogP contribution in [0, 0.1) is 0 Å². The summed E-state index contributed by atoms with van der Waals surface area (Å²) < 4.78 is 20.7. The largest absolute Gasteiger partial charge is 0.495 e. The van der Waals surface area contributed by atoms with Crippen molar-refractivity contribution < 1.29 is 18.9 Å². The van der Waals surface area contributed by atoms with Crippen LogP contribution in [0.4, 0.5) is 76.3 Å². The van der Waals surface area contributed by atoms with E-state index >= 15 is 0 Å². The Labute approximate surface area is 786 Å². The first-order chi connectivity index (χ1) is 60.4. The normalized spacial score (nSPS) is 13.5. The maximum absolute atomic E-state index is 6.33.